The lowest BCUT2D eigenvalue weighted by atomic mass is 9.70. The number of methoxy groups -OCH3 is 2. The van der Waals surface area contributed by atoms with Gasteiger partial charge in [0.25, 0.3) is 23.7 Å². The molecule has 86 heavy (non-hydrogen) atoms. The summed E-state index contributed by atoms with van der Waals surface area (Å²) in [6.45, 7) is 2.67. The molecule has 0 bridgehead atoms. The fourth-order valence-electron chi connectivity index (χ4n) is 7.07. The molecule has 0 amide bonds. The van der Waals surface area contributed by atoms with Gasteiger partial charge in [0, 0.05) is 26.1 Å². The zero-order valence-electron chi connectivity index (χ0n) is 43.0. The highest BCUT2D eigenvalue weighted by Gasteiger charge is 2.75. The van der Waals surface area contributed by atoms with Crippen LogP contribution in [0.3, 0.4) is 0 Å². The van der Waals surface area contributed by atoms with Crippen LogP contribution in [0.15, 0.2) is 37.1 Å². The molecule has 508 valence electrons. The summed E-state index contributed by atoms with van der Waals surface area (Å²) in [5.41, 5.74) is -13.3. The van der Waals surface area contributed by atoms with Crippen LogP contribution in [-0.2, 0) is 52.2 Å². The first-order valence-electron chi connectivity index (χ1n) is 22.3. The van der Waals surface area contributed by atoms with E-state index in [9.17, 15) is 155 Å². The second kappa shape index (κ2) is 28.5. The number of ether oxygens (including phenoxy) is 9. The minimum atomic E-state index is -6.30. The largest absolute Gasteiger partial charge is 0.483 e. The topological polar surface area (TPSA) is 137 Å². The lowest BCUT2D eigenvalue weighted by Gasteiger charge is -2.43. The SMILES string of the molecule is C=C(C(=O)OC(C(F)(F)F)C(F)(F)C1CCC(C(O)(C(F)(F)F)C(F)(F)F)CC1)C(F)(F)F.C=C(C(=O)OC(C)(C)C(F)(F)C(OCOC)C(F)(F)F)C(F)(F)F.C=COC(C(F)(F)F)C(F)(F)C1COCC(C(F)(F)C(OCOC)C(F)(F)F)O1. The molecule has 1 N–H and O–H groups in total. The molecule has 1 saturated heterocycles. The summed E-state index contributed by atoms with van der Waals surface area (Å²) >= 11 is 0. The maximum Gasteiger partial charge on any atom is 0.431 e. The fraction of sp³-hybridized carbons (Fsp3) is 0.810. The van der Waals surface area contributed by atoms with Crippen LogP contribution in [0.1, 0.15) is 39.5 Å². The van der Waals surface area contributed by atoms with Gasteiger partial charge in [-0.2, -0.15) is 123 Å². The molecule has 1 heterocycles. The molecule has 2 aliphatic rings. The van der Waals surface area contributed by atoms with Gasteiger partial charge in [0.1, 0.15) is 36.9 Å². The number of aliphatic hydroxyl groups is 1. The Morgan fingerprint density at radius 1 is 0.512 bits per heavy atom. The van der Waals surface area contributed by atoms with E-state index < -0.39 is 208 Å². The Balaban J connectivity index is 0.00000128. The number of halogens is 32. The van der Waals surface area contributed by atoms with E-state index in [-0.39, 0.29) is 6.26 Å². The van der Waals surface area contributed by atoms with Gasteiger partial charge in [-0.05, 0) is 39.5 Å². The van der Waals surface area contributed by atoms with Gasteiger partial charge in [-0.25, -0.2) is 27.2 Å². The summed E-state index contributed by atoms with van der Waals surface area (Å²) in [4.78, 5) is 22.4. The summed E-state index contributed by atoms with van der Waals surface area (Å²) in [6.07, 6.45) is -74.5. The first kappa shape index (κ1) is 81.4. The summed E-state index contributed by atoms with van der Waals surface area (Å²) in [7, 11) is 1.70. The molecule has 12 nitrogen and oxygen atoms in total. The lowest BCUT2D eigenvalue weighted by molar-refractivity contribution is -0.388. The van der Waals surface area contributed by atoms with Crippen molar-refractivity contribution in [3.05, 3.63) is 37.1 Å². The van der Waals surface area contributed by atoms with Crippen molar-refractivity contribution in [3.8, 4) is 0 Å². The van der Waals surface area contributed by atoms with Crippen LogP contribution in [0.25, 0.3) is 0 Å². The number of carbonyl (C=O) groups is 2. The van der Waals surface area contributed by atoms with Gasteiger partial charge < -0.3 is 47.7 Å². The molecule has 0 radical (unpaired) electrons. The van der Waals surface area contributed by atoms with Crippen LogP contribution in [0.5, 0.6) is 0 Å². The summed E-state index contributed by atoms with van der Waals surface area (Å²) in [6, 6.07) is 0. The predicted octanol–water partition coefficient (Wildman–Crippen LogP) is 13.2. The Kier molecular flexibility index (Phi) is 27.0. The molecule has 1 aliphatic carbocycles. The van der Waals surface area contributed by atoms with Crippen LogP contribution in [0.4, 0.5) is 140 Å². The van der Waals surface area contributed by atoms with Crippen molar-refractivity contribution in [1.29, 1.82) is 0 Å². The second-order valence-corrected chi connectivity index (χ2v) is 18.0. The minimum Gasteiger partial charge on any atom is -0.483 e. The molecule has 0 aromatic rings. The van der Waals surface area contributed by atoms with Crippen molar-refractivity contribution < 1.29 is 198 Å². The van der Waals surface area contributed by atoms with Crippen LogP contribution < -0.4 is 0 Å². The highest BCUT2D eigenvalue weighted by atomic mass is 19.4. The zero-order chi connectivity index (χ0) is 68.7. The van der Waals surface area contributed by atoms with Gasteiger partial charge in [0.05, 0.1) is 19.5 Å². The smallest absolute Gasteiger partial charge is 0.431 e. The quantitative estimate of drug-likeness (QED) is 0.0385. The van der Waals surface area contributed by atoms with Gasteiger partial charge in [-0.3, -0.25) is 0 Å². The molecule has 6 unspecified atom stereocenters. The normalized spacial score (nSPS) is 21.0. The summed E-state index contributed by atoms with van der Waals surface area (Å²) < 4.78 is 456. The number of rotatable bonds is 21. The van der Waals surface area contributed by atoms with Gasteiger partial charge >= 0.3 is 79.1 Å². The van der Waals surface area contributed by atoms with Crippen molar-refractivity contribution in [2.24, 2.45) is 11.8 Å². The number of alkyl halides is 32. The highest BCUT2D eigenvalue weighted by Crippen LogP contribution is 2.55. The monoisotopic (exact) mass is 1350 g/mol. The molecule has 1 saturated carbocycles. The molecule has 44 heteroatoms. The van der Waals surface area contributed by atoms with Crippen LogP contribution in [-0.4, -0.2) is 179 Å². The van der Waals surface area contributed by atoms with Crippen molar-refractivity contribution >= 4 is 11.9 Å². The van der Waals surface area contributed by atoms with Gasteiger partial charge in [-0.15, -0.1) is 0 Å². The van der Waals surface area contributed by atoms with Crippen LogP contribution in [0.2, 0.25) is 0 Å². The molecular formula is C42H44F32O12. The lowest BCUT2D eigenvalue weighted by Crippen LogP contribution is -2.63. The number of carbonyl (C=O) groups excluding carboxylic acids is 2. The third-order valence-corrected chi connectivity index (χ3v) is 11.5. The molecule has 0 aromatic carbocycles. The van der Waals surface area contributed by atoms with Gasteiger partial charge in [-0.1, -0.05) is 19.7 Å². The Morgan fingerprint density at radius 2 is 0.849 bits per heavy atom. The van der Waals surface area contributed by atoms with E-state index in [1.165, 1.54) is 0 Å². The van der Waals surface area contributed by atoms with E-state index in [0.29, 0.717) is 13.8 Å². The molecule has 0 aromatic heterocycles. The number of hydrogen-bond acceptors (Lipinski definition) is 12. The molecule has 6 atom stereocenters. The minimum absolute atomic E-state index is 0.0418. The Morgan fingerprint density at radius 3 is 1.17 bits per heavy atom. The third kappa shape index (κ3) is 20.5. The Labute approximate surface area is 460 Å². The van der Waals surface area contributed by atoms with Gasteiger partial charge in [0.15, 0.2) is 5.60 Å². The Bertz CT molecular complexity index is 2190. The molecular weight excluding hydrogens is 1300 g/mol. The highest BCUT2D eigenvalue weighted by molar-refractivity contribution is 5.90. The maximum absolute atomic E-state index is 14.5. The summed E-state index contributed by atoms with van der Waals surface area (Å²) in [5, 5.41) is 9.29. The first-order valence-corrected chi connectivity index (χ1v) is 22.3. The van der Waals surface area contributed by atoms with E-state index in [4.69, 9.17) is 0 Å². The molecule has 2 rings (SSSR count). The zero-order valence-corrected chi connectivity index (χ0v) is 43.0. The molecule has 2 fully saturated rings. The van der Waals surface area contributed by atoms with E-state index in [2.05, 4.69) is 62.4 Å². The summed E-state index contributed by atoms with van der Waals surface area (Å²) in [5.74, 6) is -30.8. The van der Waals surface area contributed by atoms with Crippen LogP contribution in [0, 0.1) is 11.8 Å². The average Bonchev–Trinajstić information content (AvgIpc) is 1.02. The molecule has 0 spiro atoms. The van der Waals surface area contributed by atoms with Crippen LogP contribution >= 0.6 is 0 Å². The van der Waals surface area contributed by atoms with Crippen molar-refractivity contribution in [1.82, 2.24) is 0 Å². The van der Waals surface area contributed by atoms with E-state index >= 15 is 0 Å². The number of hydrogen-bond donors (Lipinski definition) is 1. The van der Waals surface area contributed by atoms with Crippen molar-refractivity contribution in [3.63, 3.8) is 0 Å². The van der Waals surface area contributed by atoms with E-state index in [1.54, 1.807) is 0 Å². The Hall–Kier alpha value is -4.56. The van der Waals surface area contributed by atoms with Crippen molar-refractivity contribution in [2.45, 2.75) is 160 Å². The fourth-order valence-corrected chi connectivity index (χ4v) is 7.07. The second-order valence-electron chi connectivity index (χ2n) is 18.0. The van der Waals surface area contributed by atoms with Crippen molar-refractivity contribution in [2.75, 3.05) is 41.0 Å². The third-order valence-electron chi connectivity index (χ3n) is 11.5. The standard InChI is InChI=1S/C16H14F14O3.C14H16F10O5.C12H14F8O4/c1-6(13(19,20)21)9(31)33-10(14(22,23)24)11(17,18)7-2-4-8(5-3-7)12(32,15(25,26)27)16(28,29)30;1-3-27-9(13(19,20)21)11(15,16)7-4-26-5-8(29-7)12(17,18)10(14(22,23)24)28-6-25-2;1-6(11(15,16)17)7(21)24-9(2,3)10(13,14)8(12(18,19)20)23-5-22-4/h7-8,10,32H,1-5H2;3,7-10H,1,4-6H2,2H3;8H,1,5H2,2-4H3. The van der Waals surface area contributed by atoms with Gasteiger partial charge in [0.2, 0.25) is 12.2 Å². The average molecular weight is 1350 g/mol. The van der Waals surface area contributed by atoms with E-state index in [0.717, 1.165) is 14.2 Å². The maximum atomic E-state index is 14.5. The number of esters is 2. The molecule has 1 aliphatic heterocycles. The predicted molar refractivity (Wildman–Crippen MR) is 215 cm³/mol. The van der Waals surface area contributed by atoms with E-state index in [1.807, 2.05) is 0 Å². The first-order chi connectivity index (χ1) is 38.0.